The zero-order chi connectivity index (χ0) is 14.7. The van der Waals surface area contributed by atoms with Crippen molar-refractivity contribution in [2.75, 3.05) is 5.32 Å². The van der Waals surface area contributed by atoms with Gasteiger partial charge in [-0.3, -0.25) is 0 Å². The molecule has 0 aromatic heterocycles. The Morgan fingerprint density at radius 2 is 1.71 bits per heavy atom. The Kier molecular flexibility index (Phi) is 4.12. The Balaban J connectivity index is 1.88. The molecule has 0 aliphatic rings. The Labute approximate surface area is 130 Å². The summed E-state index contributed by atoms with van der Waals surface area (Å²) in [5.74, 6) is 0. The second-order valence-corrected chi connectivity index (χ2v) is 5.66. The summed E-state index contributed by atoms with van der Waals surface area (Å²) < 4.78 is 0. The summed E-state index contributed by atoms with van der Waals surface area (Å²) in [6.07, 6.45) is 1.01. The molecule has 1 atom stereocenters. The van der Waals surface area contributed by atoms with E-state index in [2.05, 4.69) is 60.8 Å². The maximum absolute atomic E-state index is 6.10. The molecule has 2 heteroatoms. The van der Waals surface area contributed by atoms with Gasteiger partial charge in [-0.25, -0.2) is 0 Å². The fourth-order valence-electron chi connectivity index (χ4n) is 2.62. The van der Waals surface area contributed by atoms with Crippen molar-refractivity contribution in [1.29, 1.82) is 0 Å². The quantitative estimate of drug-likeness (QED) is 0.617. The van der Waals surface area contributed by atoms with Gasteiger partial charge in [-0.15, -0.1) is 0 Å². The molecule has 3 aromatic rings. The van der Waals surface area contributed by atoms with Crippen molar-refractivity contribution in [3.63, 3.8) is 0 Å². The van der Waals surface area contributed by atoms with Crippen LogP contribution >= 0.6 is 11.6 Å². The highest BCUT2D eigenvalue weighted by atomic mass is 35.5. The molecule has 3 aromatic carbocycles. The van der Waals surface area contributed by atoms with Crippen LogP contribution in [0.25, 0.3) is 10.8 Å². The molecule has 1 nitrogen and oxygen atoms in total. The first-order chi connectivity index (χ1) is 10.3. The summed E-state index contributed by atoms with van der Waals surface area (Å²) in [6.45, 7) is 2.18. The minimum atomic E-state index is 0.268. The second kappa shape index (κ2) is 6.19. The summed E-state index contributed by atoms with van der Waals surface area (Å²) in [5.41, 5.74) is 2.36. The highest BCUT2D eigenvalue weighted by Gasteiger charge is 2.09. The van der Waals surface area contributed by atoms with Crippen LogP contribution in [0.3, 0.4) is 0 Å². The van der Waals surface area contributed by atoms with Crippen molar-refractivity contribution >= 4 is 28.1 Å². The predicted octanol–water partition coefficient (Wildman–Crippen LogP) is 6.06. The fraction of sp³-hybridized carbons (Fsp3) is 0.158. The summed E-state index contributed by atoms with van der Waals surface area (Å²) in [5, 5.41) is 6.91. The number of anilines is 1. The highest BCUT2D eigenvalue weighted by Crippen LogP contribution is 2.26. The van der Waals surface area contributed by atoms with Crippen LogP contribution in [-0.4, -0.2) is 0 Å². The predicted molar refractivity (Wildman–Crippen MR) is 92.1 cm³/mol. The molecule has 1 unspecified atom stereocenters. The van der Waals surface area contributed by atoms with E-state index in [1.54, 1.807) is 0 Å². The molecular weight excluding hydrogens is 278 g/mol. The number of hydrogen-bond acceptors (Lipinski definition) is 1. The standard InChI is InChI=1S/C19H18ClN/c1-2-19(16-8-5-9-17(20)12-16)21-18-11-10-14-6-3-4-7-15(14)13-18/h3-13,19,21H,2H2,1H3. The van der Waals surface area contributed by atoms with Gasteiger partial charge in [-0.1, -0.05) is 61.0 Å². The topological polar surface area (TPSA) is 12.0 Å². The van der Waals surface area contributed by atoms with Crippen LogP contribution in [0.4, 0.5) is 5.69 Å². The lowest BCUT2D eigenvalue weighted by molar-refractivity contribution is 0.750. The van der Waals surface area contributed by atoms with Crippen molar-refractivity contribution in [2.45, 2.75) is 19.4 Å². The van der Waals surface area contributed by atoms with Crippen molar-refractivity contribution in [3.8, 4) is 0 Å². The minimum absolute atomic E-state index is 0.268. The zero-order valence-electron chi connectivity index (χ0n) is 12.0. The molecule has 0 fully saturated rings. The Hall–Kier alpha value is -1.99. The van der Waals surface area contributed by atoms with E-state index in [-0.39, 0.29) is 6.04 Å². The largest absolute Gasteiger partial charge is 0.378 e. The van der Waals surface area contributed by atoms with Gasteiger partial charge in [-0.05, 0) is 47.0 Å². The van der Waals surface area contributed by atoms with Gasteiger partial charge in [0.05, 0.1) is 6.04 Å². The van der Waals surface area contributed by atoms with Gasteiger partial charge >= 0.3 is 0 Å². The third-order valence-electron chi connectivity index (χ3n) is 3.75. The van der Waals surface area contributed by atoms with Crippen molar-refractivity contribution in [2.24, 2.45) is 0 Å². The van der Waals surface area contributed by atoms with Gasteiger partial charge in [0.2, 0.25) is 0 Å². The van der Waals surface area contributed by atoms with E-state index in [0.29, 0.717) is 0 Å². The van der Waals surface area contributed by atoms with Crippen LogP contribution < -0.4 is 5.32 Å². The Bertz CT molecular complexity index is 751. The number of nitrogens with one attached hydrogen (secondary N) is 1. The molecule has 0 saturated carbocycles. The first-order valence-corrected chi connectivity index (χ1v) is 7.65. The molecule has 21 heavy (non-hydrogen) atoms. The lowest BCUT2D eigenvalue weighted by atomic mass is 10.0. The lowest BCUT2D eigenvalue weighted by Crippen LogP contribution is -2.09. The molecule has 1 N–H and O–H groups in total. The van der Waals surface area contributed by atoms with Crippen LogP contribution in [0.2, 0.25) is 5.02 Å². The van der Waals surface area contributed by atoms with E-state index in [1.807, 2.05) is 18.2 Å². The molecular formula is C19H18ClN. The van der Waals surface area contributed by atoms with E-state index in [0.717, 1.165) is 17.1 Å². The average Bonchev–Trinajstić information content (AvgIpc) is 2.52. The van der Waals surface area contributed by atoms with Crippen LogP contribution in [0, 0.1) is 0 Å². The summed E-state index contributed by atoms with van der Waals surface area (Å²) in [6, 6.07) is 23.2. The van der Waals surface area contributed by atoms with E-state index < -0.39 is 0 Å². The van der Waals surface area contributed by atoms with Gasteiger partial charge in [0.1, 0.15) is 0 Å². The van der Waals surface area contributed by atoms with Crippen LogP contribution in [0.5, 0.6) is 0 Å². The smallest absolute Gasteiger partial charge is 0.0511 e. The first-order valence-electron chi connectivity index (χ1n) is 7.27. The number of benzene rings is 3. The maximum Gasteiger partial charge on any atom is 0.0511 e. The molecule has 0 aliphatic carbocycles. The molecule has 0 bridgehead atoms. The SMILES string of the molecule is CCC(Nc1ccc2ccccc2c1)c1cccc(Cl)c1. The van der Waals surface area contributed by atoms with E-state index in [1.165, 1.54) is 16.3 Å². The lowest BCUT2D eigenvalue weighted by Gasteiger charge is -2.19. The van der Waals surface area contributed by atoms with Gasteiger partial charge < -0.3 is 5.32 Å². The van der Waals surface area contributed by atoms with Gasteiger partial charge in [0.25, 0.3) is 0 Å². The summed E-state index contributed by atoms with van der Waals surface area (Å²) >= 11 is 6.10. The second-order valence-electron chi connectivity index (χ2n) is 5.22. The van der Waals surface area contributed by atoms with Crippen molar-refractivity contribution < 1.29 is 0 Å². The van der Waals surface area contributed by atoms with E-state index in [4.69, 9.17) is 11.6 Å². The fourth-order valence-corrected chi connectivity index (χ4v) is 2.82. The third-order valence-corrected chi connectivity index (χ3v) is 3.98. The van der Waals surface area contributed by atoms with Crippen LogP contribution in [-0.2, 0) is 0 Å². The molecule has 3 rings (SSSR count). The maximum atomic E-state index is 6.10. The molecule has 0 heterocycles. The van der Waals surface area contributed by atoms with Crippen molar-refractivity contribution in [3.05, 3.63) is 77.3 Å². The van der Waals surface area contributed by atoms with Gasteiger partial charge in [0.15, 0.2) is 0 Å². The minimum Gasteiger partial charge on any atom is -0.378 e. The number of fused-ring (bicyclic) bond motifs is 1. The van der Waals surface area contributed by atoms with Crippen molar-refractivity contribution in [1.82, 2.24) is 0 Å². The first kappa shape index (κ1) is 14.0. The third kappa shape index (κ3) is 3.20. The number of hydrogen-bond donors (Lipinski definition) is 1. The molecule has 106 valence electrons. The Morgan fingerprint density at radius 3 is 2.48 bits per heavy atom. The molecule has 0 radical (unpaired) electrons. The molecule has 0 aliphatic heterocycles. The molecule has 0 spiro atoms. The zero-order valence-corrected chi connectivity index (χ0v) is 12.8. The van der Waals surface area contributed by atoms with E-state index in [9.17, 15) is 0 Å². The highest BCUT2D eigenvalue weighted by molar-refractivity contribution is 6.30. The van der Waals surface area contributed by atoms with Gasteiger partial charge in [-0.2, -0.15) is 0 Å². The summed E-state index contributed by atoms with van der Waals surface area (Å²) in [7, 11) is 0. The average molecular weight is 296 g/mol. The van der Waals surface area contributed by atoms with Crippen LogP contribution in [0.1, 0.15) is 24.9 Å². The van der Waals surface area contributed by atoms with Crippen LogP contribution in [0.15, 0.2) is 66.7 Å². The van der Waals surface area contributed by atoms with E-state index >= 15 is 0 Å². The summed E-state index contributed by atoms with van der Waals surface area (Å²) in [4.78, 5) is 0. The molecule has 0 amide bonds. The van der Waals surface area contributed by atoms with Gasteiger partial charge in [0, 0.05) is 10.7 Å². The monoisotopic (exact) mass is 295 g/mol. The molecule has 0 saturated heterocycles. The Morgan fingerprint density at radius 1 is 0.905 bits per heavy atom. The number of halogens is 1. The number of rotatable bonds is 4. The normalized spacial score (nSPS) is 12.3.